The number of rotatable bonds is 4. The third kappa shape index (κ3) is 4.24. The molecule has 1 aliphatic rings. The van der Waals surface area contributed by atoms with E-state index in [1.54, 1.807) is 0 Å². The van der Waals surface area contributed by atoms with Gasteiger partial charge in [-0.15, -0.1) is 0 Å². The van der Waals surface area contributed by atoms with Gasteiger partial charge in [-0.05, 0) is 57.7 Å². The highest BCUT2D eigenvalue weighted by Crippen LogP contribution is 2.23. The van der Waals surface area contributed by atoms with Crippen LogP contribution in [-0.2, 0) is 0 Å². The van der Waals surface area contributed by atoms with Gasteiger partial charge in [-0.25, -0.2) is 15.0 Å². The molecule has 1 N–H and O–H groups in total. The molecule has 1 aliphatic carbocycles. The molecule has 1 aromatic carbocycles. The molecule has 0 saturated heterocycles. The van der Waals surface area contributed by atoms with Gasteiger partial charge in [-0.2, -0.15) is 0 Å². The summed E-state index contributed by atoms with van der Waals surface area (Å²) in [4.78, 5) is 29.9. The van der Waals surface area contributed by atoms with Crippen LogP contribution in [0.15, 0.2) is 36.5 Å². The molecule has 0 radical (unpaired) electrons. The predicted molar refractivity (Wildman–Crippen MR) is 105 cm³/mol. The summed E-state index contributed by atoms with van der Waals surface area (Å²) in [6.45, 7) is 3.87. The number of hydrogen-bond acceptors (Lipinski definition) is 6. The van der Waals surface area contributed by atoms with Gasteiger partial charge >= 0.3 is 6.01 Å². The highest BCUT2D eigenvalue weighted by Gasteiger charge is 2.25. The Bertz CT molecular complexity index is 979. The fourth-order valence-corrected chi connectivity index (χ4v) is 3.55. The summed E-state index contributed by atoms with van der Waals surface area (Å²) in [6.07, 6.45) is 5.01. The van der Waals surface area contributed by atoms with Crippen LogP contribution in [0.4, 0.5) is 0 Å². The SMILES string of the molecule is Cc1cc(C)nc(OC2CCC(NC(=O)c3cnc4ccccc4n3)CC2)n1. The first-order valence-electron chi connectivity index (χ1n) is 9.58. The minimum absolute atomic E-state index is 0.0785. The first kappa shape index (κ1) is 18.3. The number of nitrogens with one attached hydrogen (secondary N) is 1. The van der Waals surface area contributed by atoms with Crippen LogP contribution in [0.1, 0.15) is 47.6 Å². The lowest BCUT2D eigenvalue weighted by molar-refractivity contribution is 0.0880. The van der Waals surface area contributed by atoms with Crippen molar-refractivity contribution < 1.29 is 9.53 Å². The molecule has 7 nitrogen and oxygen atoms in total. The molecule has 1 fully saturated rings. The molecular weight excluding hydrogens is 354 g/mol. The van der Waals surface area contributed by atoms with Crippen LogP contribution in [0.3, 0.4) is 0 Å². The number of carbonyl (C=O) groups is 1. The fourth-order valence-electron chi connectivity index (χ4n) is 3.55. The topological polar surface area (TPSA) is 89.9 Å². The molecule has 1 amide bonds. The molecule has 0 spiro atoms. The van der Waals surface area contributed by atoms with E-state index in [-0.39, 0.29) is 18.1 Å². The van der Waals surface area contributed by atoms with Crippen molar-refractivity contribution in [2.45, 2.75) is 51.7 Å². The van der Waals surface area contributed by atoms with Crippen LogP contribution in [-0.4, -0.2) is 38.0 Å². The summed E-state index contributed by atoms with van der Waals surface area (Å²) in [5, 5.41) is 3.07. The summed E-state index contributed by atoms with van der Waals surface area (Å²) >= 11 is 0. The minimum Gasteiger partial charge on any atom is -0.460 e. The summed E-state index contributed by atoms with van der Waals surface area (Å²) in [5.41, 5.74) is 3.66. The number of carbonyl (C=O) groups excluding carboxylic acids is 1. The second-order valence-corrected chi connectivity index (χ2v) is 7.24. The fraction of sp³-hybridized carbons (Fsp3) is 0.381. The van der Waals surface area contributed by atoms with E-state index in [9.17, 15) is 4.79 Å². The molecule has 7 heteroatoms. The summed E-state index contributed by atoms with van der Waals surface area (Å²) in [6, 6.07) is 10.0. The molecule has 28 heavy (non-hydrogen) atoms. The second kappa shape index (κ2) is 7.88. The van der Waals surface area contributed by atoms with Crippen LogP contribution in [0.5, 0.6) is 6.01 Å². The highest BCUT2D eigenvalue weighted by atomic mass is 16.5. The Morgan fingerprint density at radius 2 is 1.68 bits per heavy atom. The van der Waals surface area contributed by atoms with Crippen molar-refractivity contribution in [3.63, 3.8) is 0 Å². The maximum atomic E-state index is 12.5. The van der Waals surface area contributed by atoms with Gasteiger partial charge < -0.3 is 10.1 Å². The Balaban J connectivity index is 1.32. The van der Waals surface area contributed by atoms with Gasteiger partial charge in [-0.1, -0.05) is 12.1 Å². The number of amides is 1. The van der Waals surface area contributed by atoms with Gasteiger partial charge in [0, 0.05) is 17.4 Å². The number of hydrogen-bond donors (Lipinski definition) is 1. The van der Waals surface area contributed by atoms with Crippen LogP contribution >= 0.6 is 0 Å². The first-order chi connectivity index (χ1) is 13.6. The highest BCUT2D eigenvalue weighted by molar-refractivity contribution is 5.93. The summed E-state index contributed by atoms with van der Waals surface area (Å²) < 4.78 is 5.95. The molecule has 144 valence electrons. The third-order valence-electron chi connectivity index (χ3n) is 4.92. The summed E-state index contributed by atoms with van der Waals surface area (Å²) in [5.74, 6) is -0.180. The zero-order chi connectivity index (χ0) is 19.5. The number of ether oxygens (including phenoxy) is 1. The normalized spacial score (nSPS) is 19.4. The van der Waals surface area contributed by atoms with Crippen LogP contribution in [0.25, 0.3) is 11.0 Å². The van der Waals surface area contributed by atoms with E-state index in [0.717, 1.165) is 48.1 Å². The number of fused-ring (bicyclic) bond motifs is 1. The molecule has 2 aromatic heterocycles. The average Bonchev–Trinajstić information content (AvgIpc) is 2.68. The molecule has 0 atom stereocenters. The molecule has 1 saturated carbocycles. The zero-order valence-electron chi connectivity index (χ0n) is 16.1. The van der Waals surface area contributed by atoms with E-state index in [2.05, 4.69) is 25.3 Å². The van der Waals surface area contributed by atoms with E-state index >= 15 is 0 Å². The Labute approximate surface area is 163 Å². The lowest BCUT2D eigenvalue weighted by Crippen LogP contribution is -2.40. The van der Waals surface area contributed by atoms with Crippen molar-refractivity contribution >= 4 is 16.9 Å². The van der Waals surface area contributed by atoms with Crippen molar-refractivity contribution in [2.75, 3.05) is 0 Å². The van der Waals surface area contributed by atoms with E-state index in [4.69, 9.17) is 4.74 Å². The largest absolute Gasteiger partial charge is 0.460 e. The summed E-state index contributed by atoms with van der Waals surface area (Å²) in [7, 11) is 0. The number of aryl methyl sites for hydroxylation is 2. The van der Waals surface area contributed by atoms with Gasteiger partial charge in [0.25, 0.3) is 5.91 Å². The van der Waals surface area contributed by atoms with Crippen molar-refractivity contribution in [3.05, 3.63) is 53.6 Å². The Kier molecular flexibility index (Phi) is 5.14. The maximum absolute atomic E-state index is 12.5. The van der Waals surface area contributed by atoms with Crippen LogP contribution in [0.2, 0.25) is 0 Å². The Hall–Kier alpha value is -3.09. The first-order valence-corrected chi connectivity index (χ1v) is 9.58. The van der Waals surface area contributed by atoms with Crippen LogP contribution in [0, 0.1) is 13.8 Å². The predicted octanol–water partition coefficient (Wildman–Crippen LogP) is 3.16. The van der Waals surface area contributed by atoms with Crippen molar-refractivity contribution in [1.82, 2.24) is 25.3 Å². The Morgan fingerprint density at radius 1 is 1.00 bits per heavy atom. The van der Waals surface area contributed by atoms with E-state index in [0.29, 0.717) is 11.7 Å². The van der Waals surface area contributed by atoms with Crippen molar-refractivity contribution in [3.8, 4) is 6.01 Å². The number of benzene rings is 1. The molecular formula is C21H23N5O2. The third-order valence-corrected chi connectivity index (χ3v) is 4.92. The average molecular weight is 377 g/mol. The second-order valence-electron chi connectivity index (χ2n) is 7.24. The van der Waals surface area contributed by atoms with Gasteiger partial charge in [-0.3, -0.25) is 9.78 Å². The molecule has 0 bridgehead atoms. The minimum atomic E-state index is -0.180. The molecule has 2 heterocycles. The van der Waals surface area contributed by atoms with E-state index in [1.807, 2.05) is 44.2 Å². The molecule has 0 unspecified atom stereocenters. The Morgan fingerprint density at radius 3 is 2.39 bits per heavy atom. The smallest absolute Gasteiger partial charge is 0.317 e. The van der Waals surface area contributed by atoms with Gasteiger partial charge in [0.1, 0.15) is 11.8 Å². The van der Waals surface area contributed by atoms with Gasteiger partial charge in [0.05, 0.1) is 17.2 Å². The van der Waals surface area contributed by atoms with Gasteiger partial charge in [0.2, 0.25) is 0 Å². The van der Waals surface area contributed by atoms with Gasteiger partial charge in [0.15, 0.2) is 0 Å². The maximum Gasteiger partial charge on any atom is 0.317 e. The van der Waals surface area contributed by atoms with Crippen molar-refractivity contribution in [2.24, 2.45) is 0 Å². The molecule has 0 aliphatic heterocycles. The monoisotopic (exact) mass is 377 g/mol. The van der Waals surface area contributed by atoms with Crippen molar-refractivity contribution in [1.29, 1.82) is 0 Å². The molecule has 4 rings (SSSR count). The lowest BCUT2D eigenvalue weighted by atomic mass is 9.93. The number of para-hydroxylation sites is 2. The zero-order valence-corrected chi connectivity index (χ0v) is 16.1. The molecule has 3 aromatic rings. The quantitative estimate of drug-likeness (QED) is 0.751. The van der Waals surface area contributed by atoms with E-state index < -0.39 is 0 Å². The van der Waals surface area contributed by atoms with Crippen LogP contribution < -0.4 is 10.1 Å². The van der Waals surface area contributed by atoms with E-state index in [1.165, 1.54) is 6.20 Å². The lowest BCUT2D eigenvalue weighted by Gasteiger charge is -2.28. The standard InChI is InChI=1S/C21H23N5O2/c1-13-11-14(2)24-21(23-13)28-16-9-7-15(8-10-16)25-20(27)19-12-22-17-5-3-4-6-18(17)26-19/h3-6,11-12,15-16H,7-10H2,1-2H3,(H,25,27). The number of nitrogens with zero attached hydrogens (tertiary/aromatic N) is 4. The number of aromatic nitrogens is 4.